The van der Waals surface area contributed by atoms with E-state index in [1.807, 2.05) is 0 Å². The molecule has 1 saturated carbocycles. The molecule has 1 fully saturated rings. The van der Waals surface area contributed by atoms with E-state index >= 15 is 0 Å². The predicted octanol–water partition coefficient (Wildman–Crippen LogP) is 2.99. The van der Waals surface area contributed by atoms with Crippen LogP contribution in [0.25, 0.3) is 0 Å². The van der Waals surface area contributed by atoms with Crippen LogP contribution in [0, 0.1) is 6.42 Å². The second kappa shape index (κ2) is 3.79. The van der Waals surface area contributed by atoms with E-state index in [0.717, 1.165) is 12.2 Å². The SMILES string of the molecule is [CH]1C=C(OC2CCCC2)C=CC1. The Hall–Kier alpha value is -0.720. The second-order valence-electron chi connectivity index (χ2n) is 3.47. The van der Waals surface area contributed by atoms with Crippen molar-refractivity contribution in [1.82, 2.24) is 0 Å². The fourth-order valence-corrected chi connectivity index (χ4v) is 1.78. The normalized spacial score (nSPS) is 24.2. The Kier molecular flexibility index (Phi) is 2.50. The van der Waals surface area contributed by atoms with Crippen LogP contribution in [0.2, 0.25) is 0 Å². The van der Waals surface area contributed by atoms with Crippen LogP contribution < -0.4 is 0 Å². The maximum absolute atomic E-state index is 5.80. The van der Waals surface area contributed by atoms with Crippen LogP contribution in [0.1, 0.15) is 32.1 Å². The average molecular weight is 163 g/mol. The van der Waals surface area contributed by atoms with Crippen LogP contribution in [-0.4, -0.2) is 6.10 Å². The molecule has 2 rings (SSSR count). The third kappa shape index (κ3) is 1.90. The molecule has 2 aliphatic rings. The summed E-state index contributed by atoms with van der Waals surface area (Å²) in [5.41, 5.74) is 0. The van der Waals surface area contributed by atoms with Crippen LogP contribution >= 0.6 is 0 Å². The number of hydrogen-bond acceptors (Lipinski definition) is 1. The van der Waals surface area contributed by atoms with Gasteiger partial charge in [0.1, 0.15) is 5.76 Å². The Balaban J connectivity index is 1.85. The molecule has 12 heavy (non-hydrogen) atoms. The van der Waals surface area contributed by atoms with Crippen molar-refractivity contribution in [3.63, 3.8) is 0 Å². The fraction of sp³-hybridized carbons (Fsp3) is 0.545. The van der Waals surface area contributed by atoms with Gasteiger partial charge in [-0.3, -0.25) is 0 Å². The minimum atomic E-state index is 0.493. The molecule has 0 spiro atoms. The summed E-state index contributed by atoms with van der Waals surface area (Å²) in [5, 5.41) is 0. The molecular weight excluding hydrogens is 148 g/mol. The molecule has 1 nitrogen and oxygen atoms in total. The van der Waals surface area contributed by atoms with E-state index in [0.29, 0.717) is 6.10 Å². The molecule has 0 heterocycles. The monoisotopic (exact) mass is 163 g/mol. The highest BCUT2D eigenvalue weighted by atomic mass is 16.5. The zero-order valence-electron chi connectivity index (χ0n) is 7.33. The molecule has 0 aromatic heterocycles. The smallest absolute Gasteiger partial charge is 0.115 e. The largest absolute Gasteiger partial charge is 0.491 e. The summed E-state index contributed by atoms with van der Waals surface area (Å²) in [6.07, 6.45) is 15.2. The topological polar surface area (TPSA) is 9.23 Å². The van der Waals surface area contributed by atoms with Crippen molar-refractivity contribution in [3.05, 3.63) is 30.4 Å². The lowest BCUT2D eigenvalue weighted by molar-refractivity contribution is 0.131. The highest BCUT2D eigenvalue weighted by Gasteiger charge is 2.16. The zero-order valence-corrected chi connectivity index (χ0v) is 7.33. The van der Waals surface area contributed by atoms with Gasteiger partial charge in [-0.1, -0.05) is 6.08 Å². The van der Waals surface area contributed by atoms with Gasteiger partial charge in [-0.15, -0.1) is 0 Å². The summed E-state index contributed by atoms with van der Waals surface area (Å²) in [7, 11) is 0. The molecule has 0 aromatic rings. The lowest BCUT2D eigenvalue weighted by atomic mass is 10.2. The summed E-state index contributed by atoms with van der Waals surface area (Å²) in [5.74, 6) is 1.05. The van der Waals surface area contributed by atoms with Crippen LogP contribution in [0.4, 0.5) is 0 Å². The second-order valence-corrected chi connectivity index (χ2v) is 3.47. The van der Waals surface area contributed by atoms with Crippen molar-refractivity contribution in [2.45, 2.75) is 38.2 Å². The molecular formula is C11H15O. The Bertz CT molecular complexity index is 197. The van der Waals surface area contributed by atoms with E-state index in [9.17, 15) is 0 Å². The van der Waals surface area contributed by atoms with Crippen molar-refractivity contribution in [1.29, 1.82) is 0 Å². The molecule has 0 aromatic carbocycles. The zero-order chi connectivity index (χ0) is 8.23. The van der Waals surface area contributed by atoms with Gasteiger partial charge in [0.2, 0.25) is 0 Å². The van der Waals surface area contributed by atoms with Crippen LogP contribution in [-0.2, 0) is 4.74 Å². The Morgan fingerprint density at radius 2 is 2.08 bits per heavy atom. The highest BCUT2D eigenvalue weighted by Crippen LogP contribution is 2.24. The van der Waals surface area contributed by atoms with Gasteiger partial charge in [-0.2, -0.15) is 0 Å². The van der Waals surface area contributed by atoms with E-state index in [1.54, 1.807) is 0 Å². The van der Waals surface area contributed by atoms with Crippen LogP contribution in [0.5, 0.6) is 0 Å². The summed E-state index contributed by atoms with van der Waals surface area (Å²) in [6.45, 7) is 0. The third-order valence-electron chi connectivity index (χ3n) is 2.44. The van der Waals surface area contributed by atoms with Crippen LogP contribution in [0.3, 0.4) is 0 Å². The number of allylic oxidation sites excluding steroid dienone is 3. The first kappa shape index (κ1) is 7.90. The van der Waals surface area contributed by atoms with E-state index in [4.69, 9.17) is 4.74 Å². The van der Waals surface area contributed by atoms with E-state index in [-0.39, 0.29) is 0 Å². The quantitative estimate of drug-likeness (QED) is 0.608. The van der Waals surface area contributed by atoms with Gasteiger partial charge < -0.3 is 4.74 Å². The molecule has 0 aliphatic heterocycles. The van der Waals surface area contributed by atoms with Gasteiger partial charge in [-0.05, 0) is 50.7 Å². The standard InChI is InChI=1S/C11H15O/c1-2-6-10(7-3-1)12-11-8-4-5-9-11/h2-3,6-7,11H,1,4-5,8-9H2. The molecule has 0 bridgehead atoms. The summed E-state index contributed by atoms with van der Waals surface area (Å²) in [4.78, 5) is 0. The van der Waals surface area contributed by atoms with Crippen molar-refractivity contribution in [3.8, 4) is 0 Å². The van der Waals surface area contributed by atoms with E-state index in [2.05, 4.69) is 24.6 Å². The first-order valence-electron chi connectivity index (χ1n) is 4.82. The molecule has 0 N–H and O–H groups in total. The Morgan fingerprint density at radius 3 is 2.75 bits per heavy atom. The van der Waals surface area contributed by atoms with Crippen molar-refractivity contribution in [2.24, 2.45) is 0 Å². The molecule has 0 saturated heterocycles. The highest BCUT2D eigenvalue weighted by molar-refractivity contribution is 5.22. The van der Waals surface area contributed by atoms with Gasteiger partial charge in [0.15, 0.2) is 0 Å². The van der Waals surface area contributed by atoms with Crippen molar-refractivity contribution < 1.29 is 4.74 Å². The maximum Gasteiger partial charge on any atom is 0.115 e. The number of ether oxygens (including phenoxy) is 1. The van der Waals surface area contributed by atoms with E-state index < -0.39 is 0 Å². The molecule has 2 aliphatic carbocycles. The Labute approximate surface area is 74.1 Å². The Morgan fingerprint density at radius 1 is 1.25 bits per heavy atom. The minimum absolute atomic E-state index is 0.493. The lowest BCUT2D eigenvalue weighted by Gasteiger charge is -2.15. The number of rotatable bonds is 2. The predicted molar refractivity (Wildman–Crippen MR) is 49.5 cm³/mol. The van der Waals surface area contributed by atoms with Crippen molar-refractivity contribution >= 4 is 0 Å². The molecule has 1 heteroatoms. The summed E-state index contributed by atoms with van der Waals surface area (Å²) < 4.78 is 5.80. The third-order valence-corrected chi connectivity index (χ3v) is 2.44. The molecule has 0 atom stereocenters. The minimum Gasteiger partial charge on any atom is -0.491 e. The average Bonchev–Trinajstić information content (AvgIpc) is 2.59. The van der Waals surface area contributed by atoms with Gasteiger partial charge >= 0.3 is 0 Å². The summed E-state index contributed by atoms with van der Waals surface area (Å²) >= 11 is 0. The molecule has 65 valence electrons. The maximum atomic E-state index is 5.80. The van der Waals surface area contributed by atoms with Gasteiger partial charge in [0.25, 0.3) is 0 Å². The molecule has 0 unspecified atom stereocenters. The van der Waals surface area contributed by atoms with Gasteiger partial charge in [0, 0.05) is 0 Å². The fourth-order valence-electron chi connectivity index (χ4n) is 1.78. The van der Waals surface area contributed by atoms with Gasteiger partial charge in [0.05, 0.1) is 6.10 Å². The first-order chi connectivity index (χ1) is 5.95. The van der Waals surface area contributed by atoms with Crippen molar-refractivity contribution in [2.75, 3.05) is 0 Å². The summed E-state index contributed by atoms with van der Waals surface area (Å²) in [6, 6.07) is 0. The number of hydrogen-bond donors (Lipinski definition) is 0. The van der Waals surface area contributed by atoms with Crippen LogP contribution in [0.15, 0.2) is 24.0 Å². The molecule has 0 amide bonds. The van der Waals surface area contributed by atoms with Gasteiger partial charge in [-0.25, -0.2) is 0 Å². The first-order valence-corrected chi connectivity index (χ1v) is 4.82. The molecule has 1 radical (unpaired) electrons. The van der Waals surface area contributed by atoms with E-state index in [1.165, 1.54) is 25.7 Å². The lowest BCUT2D eigenvalue weighted by Crippen LogP contribution is -2.06.